The normalized spacial score (nSPS) is 23.6. The maximum Gasteiger partial charge on any atom is 0.254 e. The number of carbonyl (C=O) groups excluding carboxylic acids is 1. The molecule has 4 heterocycles. The van der Waals surface area contributed by atoms with Crippen molar-refractivity contribution in [1.29, 1.82) is 0 Å². The minimum absolute atomic E-state index is 0.00541. The lowest BCUT2D eigenvalue weighted by molar-refractivity contribution is -0.141. The topological polar surface area (TPSA) is 58.1 Å². The first-order valence-corrected chi connectivity index (χ1v) is 13.7. The second kappa shape index (κ2) is 10.0. The molecule has 3 saturated heterocycles. The molecule has 7 heteroatoms. The third-order valence-corrected chi connectivity index (χ3v) is 8.73. The minimum Gasteiger partial charge on any atom is -0.490 e. The lowest BCUT2D eigenvalue weighted by Gasteiger charge is -2.47. The van der Waals surface area contributed by atoms with Crippen LogP contribution in [0.3, 0.4) is 0 Å². The van der Waals surface area contributed by atoms with Gasteiger partial charge in [-0.05, 0) is 81.3 Å². The second-order valence-electron chi connectivity index (χ2n) is 11.0. The molecule has 0 atom stereocenters. The van der Waals surface area contributed by atoms with Crippen LogP contribution in [-0.2, 0) is 9.53 Å². The number of nitrogens with zero attached hydrogens (tertiary/aromatic N) is 4. The van der Waals surface area contributed by atoms with Gasteiger partial charge in [0.1, 0.15) is 24.3 Å². The van der Waals surface area contributed by atoms with Crippen molar-refractivity contribution >= 4 is 17.4 Å². The van der Waals surface area contributed by atoms with Gasteiger partial charge in [-0.1, -0.05) is 12.5 Å². The van der Waals surface area contributed by atoms with E-state index in [4.69, 9.17) is 9.47 Å². The molecule has 0 bridgehead atoms. The van der Waals surface area contributed by atoms with Crippen LogP contribution in [-0.4, -0.2) is 72.9 Å². The van der Waals surface area contributed by atoms with Crippen molar-refractivity contribution in [3.8, 4) is 5.75 Å². The summed E-state index contributed by atoms with van der Waals surface area (Å²) in [7, 11) is 0. The third kappa shape index (κ3) is 4.83. The Kier molecular flexibility index (Phi) is 6.61. The molecule has 192 valence electrons. The van der Waals surface area contributed by atoms with Gasteiger partial charge in [-0.3, -0.25) is 9.69 Å². The molecule has 1 aliphatic carbocycles. The predicted octanol–water partition coefficient (Wildman–Crippen LogP) is 4.19. The predicted molar refractivity (Wildman–Crippen MR) is 141 cm³/mol. The van der Waals surface area contributed by atoms with E-state index < -0.39 is 0 Å². The van der Waals surface area contributed by atoms with Gasteiger partial charge in [0.05, 0.1) is 12.1 Å². The van der Waals surface area contributed by atoms with Gasteiger partial charge < -0.3 is 19.3 Å². The zero-order valence-corrected chi connectivity index (χ0v) is 21.4. The summed E-state index contributed by atoms with van der Waals surface area (Å²) in [5.74, 6) is 1.73. The summed E-state index contributed by atoms with van der Waals surface area (Å²) in [4.78, 5) is 24.0. The van der Waals surface area contributed by atoms with Gasteiger partial charge >= 0.3 is 0 Å². The Balaban J connectivity index is 1.02. The van der Waals surface area contributed by atoms with Crippen molar-refractivity contribution in [2.45, 2.75) is 69.6 Å². The number of ether oxygens (including phenoxy) is 2. The number of morpholine rings is 1. The van der Waals surface area contributed by atoms with Gasteiger partial charge in [-0.25, -0.2) is 4.98 Å². The molecule has 1 saturated carbocycles. The molecule has 36 heavy (non-hydrogen) atoms. The SMILES string of the molecule is Cc1cccnc1N1CC2(CCN(c3ccc(OC4CCN(C5CCC5)CC4)cc3)CC2)OCC1=O. The number of carbonyl (C=O) groups is 1. The molecule has 2 aromatic rings. The molecule has 0 unspecified atom stereocenters. The molecule has 0 N–H and O–H groups in total. The summed E-state index contributed by atoms with van der Waals surface area (Å²) >= 11 is 0. The van der Waals surface area contributed by atoms with E-state index in [0.29, 0.717) is 12.6 Å². The van der Waals surface area contributed by atoms with Gasteiger partial charge in [0.25, 0.3) is 5.91 Å². The number of piperidine rings is 2. The Labute approximate surface area is 214 Å². The van der Waals surface area contributed by atoms with Gasteiger partial charge in [-0.15, -0.1) is 0 Å². The van der Waals surface area contributed by atoms with Crippen LogP contribution in [0.25, 0.3) is 0 Å². The highest BCUT2D eigenvalue weighted by atomic mass is 16.5. The van der Waals surface area contributed by atoms with E-state index in [1.54, 1.807) is 6.20 Å². The molecular weight excluding hydrogens is 452 g/mol. The number of benzene rings is 1. The number of hydrogen-bond acceptors (Lipinski definition) is 6. The van der Waals surface area contributed by atoms with E-state index in [-0.39, 0.29) is 18.1 Å². The van der Waals surface area contributed by atoms with Crippen molar-refractivity contribution < 1.29 is 14.3 Å². The molecule has 7 nitrogen and oxygen atoms in total. The molecule has 3 aliphatic heterocycles. The van der Waals surface area contributed by atoms with Crippen molar-refractivity contribution in [3.63, 3.8) is 0 Å². The Bertz CT molecular complexity index is 1050. The summed E-state index contributed by atoms with van der Waals surface area (Å²) in [5.41, 5.74) is 1.94. The number of aryl methyl sites for hydroxylation is 1. The lowest BCUT2D eigenvalue weighted by Crippen LogP contribution is -2.59. The molecule has 4 aliphatic rings. The molecule has 6 rings (SSSR count). The van der Waals surface area contributed by atoms with E-state index in [9.17, 15) is 4.79 Å². The first kappa shape index (κ1) is 23.7. The number of aromatic nitrogens is 1. The van der Waals surface area contributed by atoms with Gasteiger partial charge in [0, 0.05) is 44.1 Å². The maximum absolute atomic E-state index is 12.6. The first-order chi connectivity index (χ1) is 17.6. The van der Waals surface area contributed by atoms with Crippen molar-refractivity contribution in [3.05, 3.63) is 48.2 Å². The zero-order chi connectivity index (χ0) is 24.5. The average molecular weight is 491 g/mol. The van der Waals surface area contributed by atoms with E-state index in [1.807, 2.05) is 24.0 Å². The molecule has 1 aromatic carbocycles. The lowest BCUT2D eigenvalue weighted by atomic mass is 9.88. The van der Waals surface area contributed by atoms with E-state index in [2.05, 4.69) is 39.0 Å². The van der Waals surface area contributed by atoms with E-state index >= 15 is 0 Å². The number of amides is 1. The average Bonchev–Trinajstić information content (AvgIpc) is 2.87. The Morgan fingerprint density at radius 2 is 1.75 bits per heavy atom. The minimum atomic E-state index is -0.300. The van der Waals surface area contributed by atoms with E-state index in [0.717, 1.165) is 61.9 Å². The molecule has 4 fully saturated rings. The summed E-state index contributed by atoms with van der Waals surface area (Å²) in [5, 5.41) is 0. The Morgan fingerprint density at radius 3 is 2.42 bits per heavy atom. The molecule has 0 radical (unpaired) electrons. The fourth-order valence-corrected chi connectivity index (χ4v) is 6.18. The largest absolute Gasteiger partial charge is 0.490 e. The maximum atomic E-state index is 12.6. The summed E-state index contributed by atoms with van der Waals surface area (Å²) in [6, 6.07) is 13.4. The highest BCUT2D eigenvalue weighted by Gasteiger charge is 2.43. The van der Waals surface area contributed by atoms with Crippen LogP contribution in [0, 0.1) is 6.92 Å². The summed E-state index contributed by atoms with van der Waals surface area (Å²) in [6.45, 7) is 6.87. The first-order valence-electron chi connectivity index (χ1n) is 13.7. The van der Waals surface area contributed by atoms with Crippen LogP contribution >= 0.6 is 0 Å². The smallest absolute Gasteiger partial charge is 0.254 e. The van der Waals surface area contributed by atoms with Crippen LogP contribution < -0.4 is 14.5 Å². The Morgan fingerprint density at radius 1 is 1.00 bits per heavy atom. The number of pyridine rings is 1. The molecular formula is C29H38N4O3. The van der Waals surface area contributed by atoms with Gasteiger partial charge in [0.2, 0.25) is 0 Å². The van der Waals surface area contributed by atoms with Crippen molar-refractivity contribution in [2.24, 2.45) is 0 Å². The fourth-order valence-electron chi connectivity index (χ4n) is 6.18. The van der Waals surface area contributed by atoms with Crippen LogP contribution in [0.1, 0.15) is 50.5 Å². The van der Waals surface area contributed by atoms with Crippen molar-refractivity contribution in [1.82, 2.24) is 9.88 Å². The molecule has 1 amide bonds. The number of rotatable bonds is 5. The van der Waals surface area contributed by atoms with E-state index in [1.165, 1.54) is 38.0 Å². The highest BCUT2D eigenvalue weighted by molar-refractivity contribution is 5.94. The number of anilines is 2. The second-order valence-corrected chi connectivity index (χ2v) is 11.0. The summed E-state index contributed by atoms with van der Waals surface area (Å²) in [6.07, 6.45) is 10.3. The third-order valence-electron chi connectivity index (χ3n) is 8.73. The number of likely N-dealkylation sites (tertiary alicyclic amines) is 1. The van der Waals surface area contributed by atoms with Crippen LogP contribution in [0.5, 0.6) is 5.75 Å². The standard InChI is InChI=1S/C29H38N4O3/c1-22-4-3-15-30-28(22)33-21-29(35-20-27(33)34)13-18-32(19-14-29)24-7-9-25(10-8-24)36-26-11-16-31(17-12-26)23-5-2-6-23/h3-4,7-10,15,23,26H,2,5-6,11-14,16-21H2,1H3. The van der Waals surface area contributed by atoms with Crippen LogP contribution in [0.15, 0.2) is 42.6 Å². The molecule has 1 spiro atoms. The van der Waals surface area contributed by atoms with Crippen molar-refractivity contribution in [2.75, 3.05) is 49.1 Å². The van der Waals surface area contributed by atoms with Gasteiger partial charge in [0.15, 0.2) is 0 Å². The van der Waals surface area contributed by atoms with Crippen LogP contribution in [0.2, 0.25) is 0 Å². The Hall–Kier alpha value is -2.64. The molecule has 1 aromatic heterocycles. The quantitative estimate of drug-likeness (QED) is 0.627. The van der Waals surface area contributed by atoms with Gasteiger partial charge in [-0.2, -0.15) is 0 Å². The summed E-state index contributed by atoms with van der Waals surface area (Å²) < 4.78 is 12.5. The number of hydrogen-bond donors (Lipinski definition) is 0. The zero-order valence-electron chi connectivity index (χ0n) is 21.4. The fraction of sp³-hybridized carbons (Fsp3) is 0.586. The monoisotopic (exact) mass is 490 g/mol. The van der Waals surface area contributed by atoms with Crippen LogP contribution in [0.4, 0.5) is 11.5 Å². The highest BCUT2D eigenvalue weighted by Crippen LogP contribution is 2.35.